The molecule has 18 heavy (non-hydrogen) atoms. The number of hydrogen-bond donors (Lipinski definition) is 0. The number of rotatable bonds is 2. The van der Waals surface area contributed by atoms with Crippen LogP contribution in [0.5, 0.6) is 11.5 Å². The molecule has 1 aromatic rings. The molecule has 2 aliphatic heterocycles. The van der Waals surface area contributed by atoms with Crippen molar-refractivity contribution in [2.45, 2.75) is 13.0 Å². The third-order valence-electron chi connectivity index (χ3n) is 3.60. The zero-order valence-electron chi connectivity index (χ0n) is 10.5. The van der Waals surface area contributed by atoms with Crippen molar-refractivity contribution in [3.63, 3.8) is 0 Å². The van der Waals surface area contributed by atoms with Gasteiger partial charge in [0, 0.05) is 20.1 Å². The largest absolute Gasteiger partial charge is 0.454 e. The molecular formula is C13H16N2O3. The van der Waals surface area contributed by atoms with Crippen LogP contribution in [0.2, 0.25) is 0 Å². The van der Waals surface area contributed by atoms with Crippen LogP contribution in [0, 0.1) is 0 Å². The standard InChI is InChI=1S/C13H16N2O3/c1-3-15-7-10(14(2)13(15)16)9-4-5-11-12(6-9)18-8-17-11/h4-6,10H,3,7-8H2,1-2H3. The van der Waals surface area contributed by atoms with Gasteiger partial charge in [-0.05, 0) is 24.6 Å². The number of ether oxygens (including phenoxy) is 2. The minimum atomic E-state index is 0.0835. The highest BCUT2D eigenvalue weighted by atomic mass is 16.7. The van der Waals surface area contributed by atoms with Gasteiger partial charge >= 0.3 is 6.03 Å². The minimum Gasteiger partial charge on any atom is -0.454 e. The van der Waals surface area contributed by atoms with Crippen LogP contribution in [0.25, 0.3) is 0 Å². The van der Waals surface area contributed by atoms with E-state index in [9.17, 15) is 4.79 Å². The maximum absolute atomic E-state index is 11.9. The number of nitrogens with zero attached hydrogens (tertiary/aromatic N) is 2. The molecule has 0 radical (unpaired) electrons. The Morgan fingerprint density at radius 3 is 2.83 bits per heavy atom. The molecule has 0 aliphatic carbocycles. The van der Waals surface area contributed by atoms with E-state index in [0.717, 1.165) is 30.2 Å². The van der Waals surface area contributed by atoms with E-state index < -0.39 is 0 Å². The number of hydrogen-bond acceptors (Lipinski definition) is 3. The highest BCUT2D eigenvalue weighted by Gasteiger charge is 2.35. The third kappa shape index (κ3) is 1.58. The topological polar surface area (TPSA) is 42.0 Å². The highest BCUT2D eigenvalue weighted by Crippen LogP contribution is 2.37. The lowest BCUT2D eigenvalue weighted by atomic mass is 10.1. The normalized spacial score (nSPS) is 21.9. The van der Waals surface area contributed by atoms with E-state index in [-0.39, 0.29) is 18.9 Å². The van der Waals surface area contributed by atoms with E-state index >= 15 is 0 Å². The van der Waals surface area contributed by atoms with Crippen molar-refractivity contribution in [1.82, 2.24) is 9.80 Å². The number of benzene rings is 1. The van der Waals surface area contributed by atoms with Crippen LogP contribution in [-0.2, 0) is 0 Å². The predicted molar refractivity (Wildman–Crippen MR) is 65.7 cm³/mol. The first kappa shape index (κ1) is 11.2. The number of carbonyl (C=O) groups excluding carboxylic acids is 1. The fraction of sp³-hybridized carbons (Fsp3) is 0.462. The summed E-state index contributed by atoms with van der Waals surface area (Å²) in [5.74, 6) is 1.54. The van der Waals surface area contributed by atoms with E-state index in [1.807, 2.05) is 37.1 Å². The Labute approximate surface area is 106 Å². The lowest BCUT2D eigenvalue weighted by Crippen LogP contribution is -2.29. The first-order valence-corrected chi connectivity index (χ1v) is 6.12. The van der Waals surface area contributed by atoms with Crippen molar-refractivity contribution >= 4 is 6.03 Å². The Kier molecular flexibility index (Phi) is 2.54. The van der Waals surface area contributed by atoms with Crippen molar-refractivity contribution in [3.05, 3.63) is 23.8 Å². The molecule has 0 spiro atoms. The Morgan fingerprint density at radius 1 is 1.33 bits per heavy atom. The van der Waals surface area contributed by atoms with Gasteiger partial charge in [-0.3, -0.25) is 0 Å². The SMILES string of the molecule is CCN1CC(c2ccc3c(c2)OCO3)N(C)C1=O. The fourth-order valence-corrected chi connectivity index (χ4v) is 2.48. The number of urea groups is 1. The number of fused-ring (bicyclic) bond motifs is 1. The monoisotopic (exact) mass is 248 g/mol. The molecule has 0 bridgehead atoms. The summed E-state index contributed by atoms with van der Waals surface area (Å²) < 4.78 is 10.7. The van der Waals surface area contributed by atoms with Gasteiger partial charge in [-0.1, -0.05) is 6.07 Å². The van der Waals surface area contributed by atoms with E-state index in [1.54, 1.807) is 4.90 Å². The second kappa shape index (κ2) is 4.08. The van der Waals surface area contributed by atoms with Gasteiger partial charge in [0.1, 0.15) is 0 Å². The van der Waals surface area contributed by atoms with Gasteiger partial charge in [0.15, 0.2) is 11.5 Å². The molecule has 1 fully saturated rings. The molecule has 5 heteroatoms. The van der Waals surface area contributed by atoms with E-state index in [2.05, 4.69) is 0 Å². The van der Waals surface area contributed by atoms with E-state index in [4.69, 9.17) is 9.47 Å². The number of likely N-dealkylation sites (N-methyl/N-ethyl adjacent to an activating group) is 2. The molecule has 0 aromatic heterocycles. The molecule has 96 valence electrons. The van der Waals surface area contributed by atoms with Crippen molar-refractivity contribution < 1.29 is 14.3 Å². The van der Waals surface area contributed by atoms with E-state index in [1.165, 1.54) is 0 Å². The third-order valence-corrected chi connectivity index (χ3v) is 3.60. The van der Waals surface area contributed by atoms with Gasteiger partial charge in [-0.2, -0.15) is 0 Å². The summed E-state index contributed by atoms with van der Waals surface area (Å²) in [7, 11) is 1.84. The molecule has 2 aliphatic rings. The smallest absolute Gasteiger partial charge is 0.320 e. The molecule has 2 heterocycles. The summed E-state index contributed by atoms with van der Waals surface area (Å²) in [5, 5.41) is 0. The molecule has 0 N–H and O–H groups in total. The second-order valence-corrected chi connectivity index (χ2v) is 4.56. The fourth-order valence-electron chi connectivity index (χ4n) is 2.48. The summed E-state index contributed by atoms with van der Waals surface area (Å²) >= 11 is 0. The van der Waals surface area contributed by atoms with Gasteiger partial charge in [0.05, 0.1) is 6.04 Å². The Hall–Kier alpha value is -1.91. The second-order valence-electron chi connectivity index (χ2n) is 4.56. The molecule has 2 amide bonds. The summed E-state index contributed by atoms with van der Waals surface area (Å²) in [6, 6.07) is 6.05. The summed E-state index contributed by atoms with van der Waals surface area (Å²) in [5.41, 5.74) is 1.09. The zero-order valence-corrected chi connectivity index (χ0v) is 10.5. The van der Waals surface area contributed by atoms with Gasteiger partial charge in [-0.25, -0.2) is 4.79 Å². The van der Waals surface area contributed by atoms with Crippen LogP contribution >= 0.6 is 0 Å². The maximum Gasteiger partial charge on any atom is 0.320 e. The first-order valence-electron chi connectivity index (χ1n) is 6.12. The Morgan fingerprint density at radius 2 is 2.11 bits per heavy atom. The first-order chi connectivity index (χ1) is 8.70. The molecule has 1 aromatic carbocycles. The van der Waals surface area contributed by atoms with Crippen LogP contribution < -0.4 is 9.47 Å². The number of carbonyl (C=O) groups is 1. The van der Waals surface area contributed by atoms with Gasteiger partial charge in [0.2, 0.25) is 6.79 Å². The lowest BCUT2D eigenvalue weighted by Gasteiger charge is -2.18. The molecule has 3 rings (SSSR count). The van der Waals surface area contributed by atoms with Crippen molar-refractivity contribution in [2.24, 2.45) is 0 Å². The lowest BCUT2D eigenvalue weighted by molar-refractivity contribution is 0.174. The van der Waals surface area contributed by atoms with Crippen molar-refractivity contribution in [2.75, 3.05) is 26.9 Å². The molecule has 5 nitrogen and oxygen atoms in total. The van der Waals surface area contributed by atoms with E-state index in [0.29, 0.717) is 0 Å². The highest BCUT2D eigenvalue weighted by molar-refractivity contribution is 5.77. The van der Waals surface area contributed by atoms with Crippen LogP contribution in [-0.4, -0.2) is 42.8 Å². The summed E-state index contributed by atoms with van der Waals surface area (Å²) in [6.45, 7) is 3.74. The van der Waals surface area contributed by atoms with Crippen LogP contribution in [0.3, 0.4) is 0 Å². The molecule has 1 unspecified atom stereocenters. The average Bonchev–Trinajstić information content (AvgIpc) is 2.95. The van der Waals surface area contributed by atoms with Gasteiger partial charge < -0.3 is 19.3 Å². The van der Waals surface area contributed by atoms with Crippen LogP contribution in [0.15, 0.2) is 18.2 Å². The number of amides is 2. The predicted octanol–water partition coefficient (Wildman–Crippen LogP) is 1.84. The van der Waals surface area contributed by atoms with Crippen molar-refractivity contribution in [3.8, 4) is 11.5 Å². The Balaban J connectivity index is 1.89. The Bertz CT molecular complexity index is 489. The molecule has 1 saturated heterocycles. The molecular weight excluding hydrogens is 232 g/mol. The quantitative estimate of drug-likeness (QED) is 0.802. The van der Waals surface area contributed by atoms with Gasteiger partial charge in [-0.15, -0.1) is 0 Å². The molecule has 1 atom stereocenters. The van der Waals surface area contributed by atoms with Crippen LogP contribution in [0.1, 0.15) is 18.5 Å². The summed E-state index contributed by atoms with van der Waals surface area (Å²) in [6.07, 6.45) is 0. The van der Waals surface area contributed by atoms with Crippen LogP contribution in [0.4, 0.5) is 4.79 Å². The zero-order chi connectivity index (χ0) is 12.7. The maximum atomic E-state index is 11.9. The minimum absolute atomic E-state index is 0.0835. The summed E-state index contributed by atoms with van der Waals surface area (Å²) in [4.78, 5) is 15.6. The van der Waals surface area contributed by atoms with Gasteiger partial charge in [0.25, 0.3) is 0 Å². The average molecular weight is 248 g/mol. The van der Waals surface area contributed by atoms with Crippen molar-refractivity contribution in [1.29, 1.82) is 0 Å². The molecule has 0 saturated carbocycles.